The molecule has 2 aliphatic heterocycles. The molecule has 1 fully saturated rings. The number of hydrogen-bond acceptors (Lipinski definition) is 5. The van der Waals surface area contributed by atoms with E-state index in [4.69, 9.17) is 0 Å². The second kappa shape index (κ2) is 12.1. The zero-order chi connectivity index (χ0) is 26.6. The van der Waals surface area contributed by atoms with Gasteiger partial charge in [-0.3, -0.25) is 4.90 Å². The second-order valence-electron chi connectivity index (χ2n) is 12.0. The first-order valence-electron chi connectivity index (χ1n) is 13.4. The summed E-state index contributed by atoms with van der Waals surface area (Å²) in [4.78, 5) is 11.0. The van der Waals surface area contributed by atoms with Gasteiger partial charge in [-0.05, 0) is 81.3 Å². The van der Waals surface area contributed by atoms with Crippen molar-refractivity contribution in [2.24, 2.45) is 11.3 Å². The summed E-state index contributed by atoms with van der Waals surface area (Å²) in [5.41, 5.74) is 8.64. The summed E-state index contributed by atoms with van der Waals surface area (Å²) in [6.07, 6.45) is 4.65. The van der Waals surface area contributed by atoms with Gasteiger partial charge >= 0.3 is 0 Å². The number of allylic oxidation sites excluding steroid dienone is 1. The van der Waals surface area contributed by atoms with Crippen LogP contribution in [-0.4, -0.2) is 47.0 Å². The standard InChI is InChI=1S/C21H29N3S.C10H19N/c1-14(20-6-5-9-23(20)4)11-24-12-18-8-7-17(10-19(18)16(24)3)21-15(2)22-13-25-21;1-7-9(10(4,5)6)11-8(2)3/h7-8,10,13-14,16,20H,5-6,9,11-12H2,1-4H3;7,9,11H,1-2H2,3-6H3. The molecule has 1 aromatic heterocycles. The monoisotopic (exact) mass is 508 g/mol. The van der Waals surface area contributed by atoms with Gasteiger partial charge in [-0.25, -0.2) is 4.98 Å². The Bertz CT molecular complexity index is 1030. The Kier molecular flexibility index (Phi) is 9.59. The highest BCUT2D eigenvalue weighted by Crippen LogP contribution is 2.38. The molecule has 1 aromatic carbocycles. The summed E-state index contributed by atoms with van der Waals surface area (Å²) in [7, 11) is 2.29. The Morgan fingerprint density at radius 2 is 2.06 bits per heavy atom. The van der Waals surface area contributed by atoms with E-state index in [2.05, 4.69) is 100 Å². The average Bonchev–Trinajstić information content (AvgIpc) is 3.51. The van der Waals surface area contributed by atoms with Gasteiger partial charge in [0.2, 0.25) is 0 Å². The van der Waals surface area contributed by atoms with Gasteiger partial charge in [0.05, 0.1) is 16.1 Å². The van der Waals surface area contributed by atoms with Crippen molar-refractivity contribution in [3.05, 3.63) is 65.5 Å². The molecule has 0 spiro atoms. The molecule has 2 aliphatic rings. The van der Waals surface area contributed by atoms with E-state index in [0.29, 0.717) is 12.1 Å². The second-order valence-corrected chi connectivity index (χ2v) is 12.8. The van der Waals surface area contributed by atoms with Crippen molar-refractivity contribution in [2.75, 3.05) is 20.1 Å². The summed E-state index contributed by atoms with van der Waals surface area (Å²) in [6.45, 7) is 26.5. The van der Waals surface area contributed by atoms with Gasteiger partial charge in [-0.1, -0.05) is 52.5 Å². The maximum Gasteiger partial charge on any atom is 0.0801 e. The third-order valence-corrected chi connectivity index (χ3v) is 8.83. The van der Waals surface area contributed by atoms with Gasteiger partial charge in [0.15, 0.2) is 0 Å². The molecule has 1 saturated heterocycles. The highest BCUT2D eigenvalue weighted by Gasteiger charge is 2.32. The van der Waals surface area contributed by atoms with E-state index in [1.54, 1.807) is 11.3 Å². The first kappa shape index (κ1) is 28.6. The summed E-state index contributed by atoms with van der Waals surface area (Å²) in [6, 6.07) is 8.60. The molecule has 2 aromatic rings. The van der Waals surface area contributed by atoms with Crippen LogP contribution in [0.1, 0.15) is 77.2 Å². The minimum Gasteiger partial charge on any atom is -0.382 e. The molecule has 5 heteroatoms. The number of nitrogens with zero attached hydrogens (tertiary/aromatic N) is 3. The summed E-state index contributed by atoms with van der Waals surface area (Å²) < 4.78 is 0. The Hall–Kier alpha value is -1.95. The molecular formula is C31H48N4S. The first-order valence-corrected chi connectivity index (χ1v) is 14.3. The maximum atomic E-state index is 4.41. The fraction of sp³-hybridized carbons (Fsp3) is 0.581. The van der Waals surface area contributed by atoms with E-state index in [1.165, 1.54) is 47.5 Å². The van der Waals surface area contributed by atoms with Crippen LogP contribution in [0.2, 0.25) is 0 Å². The van der Waals surface area contributed by atoms with Crippen LogP contribution < -0.4 is 5.32 Å². The SMILES string of the molecule is C=CC(NC(=C)C)C(C)(C)C.Cc1ncsc1-c1ccc2c(c1)C(C)N(CC(C)C1CCCN1C)C2. The normalized spacial score (nSPS) is 21.9. The van der Waals surface area contributed by atoms with Crippen LogP contribution in [0, 0.1) is 18.3 Å². The number of aromatic nitrogens is 1. The van der Waals surface area contributed by atoms with Crippen molar-refractivity contribution < 1.29 is 0 Å². The van der Waals surface area contributed by atoms with Gasteiger partial charge < -0.3 is 10.2 Å². The van der Waals surface area contributed by atoms with Crippen LogP contribution in [-0.2, 0) is 6.54 Å². The lowest BCUT2D eigenvalue weighted by Gasteiger charge is -2.31. The minimum atomic E-state index is 0.209. The highest BCUT2D eigenvalue weighted by atomic mass is 32.1. The predicted molar refractivity (Wildman–Crippen MR) is 157 cm³/mol. The number of rotatable bonds is 7. The van der Waals surface area contributed by atoms with Gasteiger partial charge in [0.25, 0.3) is 0 Å². The lowest BCUT2D eigenvalue weighted by atomic mass is 9.87. The number of nitrogens with one attached hydrogen (secondary N) is 1. The molecule has 4 unspecified atom stereocenters. The van der Waals surface area contributed by atoms with E-state index in [9.17, 15) is 0 Å². The van der Waals surface area contributed by atoms with Crippen molar-refractivity contribution >= 4 is 11.3 Å². The number of aryl methyl sites for hydroxylation is 1. The van der Waals surface area contributed by atoms with Crippen LogP contribution in [0.15, 0.2) is 48.6 Å². The number of hydrogen-bond donors (Lipinski definition) is 1. The highest BCUT2D eigenvalue weighted by molar-refractivity contribution is 7.13. The van der Waals surface area contributed by atoms with Crippen LogP contribution in [0.25, 0.3) is 10.4 Å². The number of fused-ring (bicyclic) bond motifs is 1. The average molecular weight is 509 g/mol. The van der Waals surface area contributed by atoms with Gasteiger partial charge in [0, 0.05) is 36.9 Å². The third-order valence-electron chi connectivity index (χ3n) is 7.85. The Labute approximate surface area is 224 Å². The zero-order valence-corrected chi connectivity index (χ0v) is 24.7. The molecule has 0 saturated carbocycles. The minimum absolute atomic E-state index is 0.209. The summed E-state index contributed by atoms with van der Waals surface area (Å²) in [5, 5.41) is 3.26. The molecular weight excluding hydrogens is 460 g/mol. The van der Waals surface area contributed by atoms with Gasteiger partial charge in [-0.15, -0.1) is 17.9 Å². The van der Waals surface area contributed by atoms with Crippen molar-refractivity contribution in [3.63, 3.8) is 0 Å². The molecule has 4 nitrogen and oxygen atoms in total. The fourth-order valence-electron chi connectivity index (χ4n) is 5.66. The molecule has 36 heavy (non-hydrogen) atoms. The smallest absolute Gasteiger partial charge is 0.0801 e. The van der Waals surface area contributed by atoms with Crippen LogP contribution in [0.4, 0.5) is 0 Å². The molecule has 0 aliphatic carbocycles. The number of thiazole rings is 1. The van der Waals surface area contributed by atoms with Crippen LogP contribution >= 0.6 is 11.3 Å². The number of benzene rings is 1. The van der Waals surface area contributed by atoms with Gasteiger partial charge in [-0.2, -0.15) is 0 Å². The molecule has 3 heterocycles. The lowest BCUT2D eigenvalue weighted by Crippen LogP contribution is -2.37. The fourth-order valence-corrected chi connectivity index (χ4v) is 6.47. The van der Waals surface area contributed by atoms with Gasteiger partial charge in [0.1, 0.15) is 0 Å². The zero-order valence-electron chi connectivity index (χ0n) is 23.9. The quantitative estimate of drug-likeness (QED) is 0.394. The molecule has 0 radical (unpaired) electrons. The predicted octanol–water partition coefficient (Wildman–Crippen LogP) is 7.44. The Balaban J connectivity index is 0.000000280. The maximum absolute atomic E-state index is 4.41. The van der Waals surface area contributed by atoms with E-state index >= 15 is 0 Å². The third kappa shape index (κ3) is 6.87. The molecule has 4 rings (SSSR count). The van der Waals surface area contributed by atoms with E-state index < -0.39 is 0 Å². The molecule has 198 valence electrons. The molecule has 4 atom stereocenters. The van der Waals surface area contributed by atoms with Crippen molar-refractivity contribution in [3.8, 4) is 10.4 Å². The van der Waals surface area contributed by atoms with E-state index in [1.807, 2.05) is 18.5 Å². The van der Waals surface area contributed by atoms with Crippen LogP contribution in [0.3, 0.4) is 0 Å². The van der Waals surface area contributed by atoms with E-state index in [-0.39, 0.29) is 5.41 Å². The van der Waals surface area contributed by atoms with Crippen LogP contribution in [0.5, 0.6) is 0 Å². The molecule has 0 amide bonds. The lowest BCUT2D eigenvalue weighted by molar-refractivity contribution is 0.146. The molecule has 1 N–H and O–H groups in total. The first-order chi connectivity index (χ1) is 16.9. The summed E-state index contributed by atoms with van der Waals surface area (Å²) >= 11 is 1.75. The largest absolute Gasteiger partial charge is 0.382 e. The summed E-state index contributed by atoms with van der Waals surface area (Å²) in [5.74, 6) is 0.729. The Morgan fingerprint density at radius 3 is 2.56 bits per heavy atom. The molecule has 0 bridgehead atoms. The Morgan fingerprint density at radius 1 is 1.33 bits per heavy atom. The number of likely N-dealkylation sites (tertiary alicyclic amines) is 1. The topological polar surface area (TPSA) is 31.4 Å². The van der Waals surface area contributed by atoms with Crippen molar-refractivity contribution in [2.45, 2.75) is 86.0 Å². The van der Waals surface area contributed by atoms with Crippen molar-refractivity contribution in [1.29, 1.82) is 0 Å². The van der Waals surface area contributed by atoms with Crippen molar-refractivity contribution in [1.82, 2.24) is 20.1 Å². The van der Waals surface area contributed by atoms with E-state index in [0.717, 1.165) is 29.9 Å².